The Hall–Kier alpha value is 0.390. The molecule has 0 amide bonds. The van der Waals surface area contributed by atoms with Gasteiger partial charge in [-0.15, -0.1) is 0 Å². The molecule has 0 aromatic rings. The molecule has 86 valence electrons. The zero-order chi connectivity index (χ0) is 11.0. The first kappa shape index (κ1) is 14.4. The Balaban J connectivity index is 3.42. The molecule has 0 heterocycles. The summed E-state index contributed by atoms with van der Waals surface area (Å²) in [4.78, 5) is 2.08. The van der Waals surface area contributed by atoms with E-state index in [1.165, 1.54) is 19.1 Å². The third kappa shape index (κ3) is 10.5. The van der Waals surface area contributed by atoms with Crippen LogP contribution < -0.4 is 0 Å². The predicted molar refractivity (Wildman–Crippen MR) is 64.9 cm³/mol. The smallest absolute Gasteiger partial charge is 0.148 e. The lowest BCUT2D eigenvalue weighted by molar-refractivity contribution is 0.343. The van der Waals surface area contributed by atoms with E-state index in [9.17, 15) is 8.42 Å². The first-order valence-corrected chi connectivity index (χ1v) is 8.06. The van der Waals surface area contributed by atoms with Crippen LogP contribution >= 0.6 is 15.9 Å². The van der Waals surface area contributed by atoms with Crippen LogP contribution in [0.5, 0.6) is 0 Å². The first-order chi connectivity index (χ1) is 6.45. The third-order valence-corrected chi connectivity index (χ3v) is 3.50. The highest BCUT2D eigenvalue weighted by atomic mass is 79.9. The Morgan fingerprint density at radius 2 is 1.79 bits per heavy atom. The van der Waals surface area contributed by atoms with Crippen LogP contribution in [0.15, 0.2) is 0 Å². The van der Waals surface area contributed by atoms with Crippen molar-refractivity contribution in [1.82, 2.24) is 4.90 Å². The standard InChI is InChI=1S/C9H20BrNO2S/c1-11(7-5-3-4-6-10)8-9-14(2,12)13/h3-9H2,1-2H3. The van der Waals surface area contributed by atoms with Crippen molar-refractivity contribution in [2.45, 2.75) is 19.3 Å². The molecule has 0 rings (SSSR count). The molecule has 0 aliphatic heterocycles. The van der Waals surface area contributed by atoms with Crippen LogP contribution in [0.2, 0.25) is 0 Å². The van der Waals surface area contributed by atoms with Crippen molar-refractivity contribution in [2.75, 3.05) is 37.5 Å². The third-order valence-electron chi connectivity index (χ3n) is 2.02. The molecule has 0 aliphatic rings. The topological polar surface area (TPSA) is 37.4 Å². The molecule has 0 atom stereocenters. The number of alkyl halides is 1. The van der Waals surface area contributed by atoms with Gasteiger partial charge in [0.25, 0.3) is 0 Å². The molecule has 0 bridgehead atoms. The van der Waals surface area contributed by atoms with Crippen molar-refractivity contribution in [3.63, 3.8) is 0 Å². The molecule has 0 saturated heterocycles. The van der Waals surface area contributed by atoms with Gasteiger partial charge in [-0.1, -0.05) is 22.4 Å². The molecule has 14 heavy (non-hydrogen) atoms. The summed E-state index contributed by atoms with van der Waals surface area (Å²) in [5, 5.41) is 1.06. The number of halogens is 1. The van der Waals surface area contributed by atoms with E-state index in [-0.39, 0.29) is 5.75 Å². The molecule has 0 spiro atoms. The summed E-state index contributed by atoms with van der Waals surface area (Å²) in [6.07, 6.45) is 4.83. The number of rotatable bonds is 8. The van der Waals surface area contributed by atoms with E-state index in [0.717, 1.165) is 18.3 Å². The van der Waals surface area contributed by atoms with Crippen LogP contribution in [0.3, 0.4) is 0 Å². The fourth-order valence-corrected chi connectivity index (χ4v) is 2.13. The molecule has 3 nitrogen and oxygen atoms in total. The number of hydrogen-bond acceptors (Lipinski definition) is 3. The summed E-state index contributed by atoms with van der Waals surface area (Å²) < 4.78 is 21.8. The molecule has 0 fully saturated rings. The van der Waals surface area contributed by atoms with Gasteiger partial charge in [0.15, 0.2) is 0 Å². The van der Waals surface area contributed by atoms with E-state index in [2.05, 4.69) is 20.8 Å². The van der Waals surface area contributed by atoms with Gasteiger partial charge in [-0.25, -0.2) is 8.42 Å². The Bertz CT molecular complexity index is 229. The number of sulfone groups is 1. The van der Waals surface area contributed by atoms with Crippen LogP contribution in [0.1, 0.15) is 19.3 Å². The van der Waals surface area contributed by atoms with Crippen molar-refractivity contribution < 1.29 is 8.42 Å². The van der Waals surface area contributed by atoms with Crippen LogP contribution in [-0.2, 0) is 9.84 Å². The van der Waals surface area contributed by atoms with Crippen molar-refractivity contribution in [3.05, 3.63) is 0 Å². The second kappa shape index (κ2) is 7.65. The van der Waals surface area contributed by atoms with Crippen molar-refractivity contribution in [2.24, 2.45) is 0 Å². The zero-order valence-corrected chi connectivity index (χ0v) is 11.4. The van der Waals surface area contributed by atoms with Gasteiger partial charge in [0.05, 0.1) is 5.75 Å². The number of nitrogens with zero attached hydrogens (tertiary/aromatic N) is 1. The fraction of sp³-hybridized carbons (Fsp3) is 1.00. The quantitative estimate of drug-likeness (QED) is 0.501. The Kier molecular flexibility index (Phi) is 7.86. The summed E-state index contributed by atoms with van der Waals surface area (Å²) in [6, 6.07) is 0. The summed E-state index contributed by atoms with van der Waals surface area (Å²) >= 11 is 3.38. The fourth-order valence-electron chi connectivity index (χ4n) is 1.09. The van der Waals surface area contributed by atoms with Crippen molar-refractivity contribution >= 4 is 25.8 Å². The highest BCUT2D eigenvalue weighted by Gasteiger charge is 2.04. The molecule has 0 unspecified atom stereocenters. The Labute approximate surface area is 95.9 Å². The van der Waals surface area contributed by atoms with Gasteiger partial charge in [-0.05, 0) is 26.4 Å². The Morgan fingerprint density at radius 3 is 2.29 bits per heavy atom. The second-order valence-electron chi connectivity index (χ2n) is 3.68. The minimum atomic E-state index is -2.80. The average Bonchev–Trinajstić information content (AvgIpc) is 2.08. The van der Waals surface area contributed by atoms with Gasteiger partial charge in [0.2, 0.25) is 0 Å². The van der Waals surface area contributed by atoms with Crippen LogP contribution in [0, 0.1) is 0 Å². The van der Waals surface area contributed by atoms with Gasteiger partial charge < -0.3 is 4.90 Å². The summed E-state index contributed by atoms with van der Waals surface area (Å²) in [5.74, 6) is 0.266. The van der Waals surface area contributed by atoms with Gasteiger partial charge >= 0.3 is 0 Å². The summed E-state index contributed by atoms with van der Waals surface area (Å²) in [5.41, 5.74) is 0. The maximum Gasteiger partial charge on any atom is 0.148 e. The predicted octanol–water partition coefficient (Wildman–Crippen LogP) is 1.53. The molecule has 5 heteroatoms. The molecular formula is C9H20BrNO2S. The molecule has 0 aromatic carbocycles. The lowest BCUT2D eigenvalue weighted by Gasteiger charge is -2.15. The van der Waals surface area contributed by atoms with E-state index in [4.69, 9.17) is 0 Å². The molecule has 0 N–H and O–H groups in total. The second-order valence-corrected chi connectivity index (χ2v) is 6.74. The summed E-state index contributed by atoms with van der Waals surface area (Å²) in [6.45, 7) is 1.63. The normalized spacial score (nSPS) is 12.3. The summed E-state index contributed by atoms with van der Waals surface area (Å²) in [7, 11) is -0.832. The highest BCUT2D eigenvalue weighted by molar-refractivity contribution is 9.09. The lowest BCUT2D eigenvalue weighted by Crippen LogP contribution is -2.26. The van der Waals surface area contributed by atoms with Crippen molar-refractivity contribution in [3.8, 4) is 0 Å². The zero-order valence-electron chi connectivity index (χ0n) is 9.00. The first-order valence-electron chi connectivity index (χ1n) is 4.88. The van der Waals surface area contributed by atoms with Crippen LogP contribution in [-0.4, -0.2) is 50.8 Å². The molecule has 0 radical (unpaired) electrons. The van der Waals surface area contributed by atoms with Crippen LogP contribution in [0.25, 0.3) is 0 Å². The SMILES string of the molecule is CN(CCCCCBr)CCS(C)(=O)=O. The number of hydrogen-bond donors (Lipinski definition) is 0. The monoisotopic (exact) mass is 285 g/mol. The van der Waals surface area contributed by atoms with Crippen molar-refractivity contribution in [1.29, 1.82) is 0 Å². The minimum Gasteiger partial charge on any atom is -0.305 e. The minimum absolute atomic E-state index is 0.266. The van der Waals surface area contributed by atoms with E-state index in [1.54, 1.807) is 0 Å². The average molecular weight is 286 g/mol. The maximum absolute atomic E-state index is 10.9. The lowest BCUT2D eigenvalue weighted by atomic mass is 10.2. The van der Waals surface area contributed by atoms with E-state index >= 15 is 0 Å². The molecule has 0 aromatic heterocycles. The van der Waals surface area contributed by atoms with Gasteiger partial charge in [-0.3, -0.25) is 0 Å². The Morgan fingerprint density at radius 1 is 1.14 bits per heavy atom. The number of unbranched alkanes of at least 4 members (excludes halogenated alkanes) is 2. The maximum atomic E-state index is 10.9. The van der Waals surface area contributed by atoms with E-state index in [0.29, 0.717) is 6.54 Å². The largest absolute Gasteiger partial charge is 0.305 e. The van der Waals surface area contributed by atoms with Crippen LogP contribution in [0.4, 0.5) is 0 Å². The molecular weight excluding hydrogens is 266 g/mol. The van der Waals surface area contributed by atoms with Gasteiger partial charge in [-0.2, -0.15) is 0 Å². The van der Waals surface area contributed by atoms with Gasteiger partial charge in [0.1, 0.15) is 9.84 Å². The van der Waals surface area contributed by atoms with E-state index in [1.807, 2.05) is 7.05 Å². The highest BCUT2D eigenvalue weighted by Crippen LogP contribution is 2.00. The van der Waals surface area contributed by atoms with Gasteiger partial charge in [0, 0.05) is 18.1 Å². The molecule has 0 aliphatic carbocycles. The molecule has 0 saturated carbocycles. The van der Waals surface area contributed by atoms with E-state index < -0.39 is 9.84 Å².